The number of anilines is 1. The lowest BCUT2D eigenvalue weighted by molar-refractivity contribution is -0.173. The van der Waals surface area contributed by atoms with Crippen molar-refractivity contribution in [2.45, 2.75) is 31.6 Å². The quantitative estimate of drug-likeness (QED) is 0.297. The van der Waals surface area contributed by atoms with Gasteiger partial charge in [-0.1, -0.05) is 54.6 Å². The van der Waals surface area contributed by atoms with Gasteiger partial charge in [0.1, 0.15) is 0 Å². The Morgan fingerprint density at radius 3 is 2.29 bits per heavy atom. The van der Waals surface area contributed by atoms with Crippen LogP contribution in [0.25, 0.3) is 22.6 Å². The number of aromatic nitrogens is 2. The second-order valence-corrected chi connectivity index (χ2v) is 11.8. The molecule has 0 spiro atoms. The van der Waals surface area contributed by atoms with Crippen molar-refractivity contribution in [2.24, 2.45) is 5.73 Å². The Hall–Kier alpha value is -4.23. The number of amides is 1. The van der Waals surface area contributed by atoms with Crippen LogP contribution in [-0.2, 0) is 33.3 Å². The van der Waals surface area contributed by atoms with E-state index in [2.05, 4.69) is 10.2 Å². The number of hydrogen-bond acceptors (Lipinski definition) is 7. The molecule has 3 N–H and O–H groups in total. The summed E-state index contributed by atoms with van der Waals surface area (Å²) in [5.41, 5.74) is 8.37. The van der Waals surface area contributed by atoms with Crippen LogP contribution in [-0.4, -0.2) is 44.0 Å². The Morgan fingerprint density at radius 1 is 1.00 bits per heavy atom. The Kier molecular flexibility index (Phi) is 8.22. The maximum Gasteiger partial charge on any atom is 0.471 e. The van der Waals surface area contributed by atoms with Gasteiger partial charge in [0, 0.05) is 19.2 Å². The number of nitrogens with one attached hydrogen (secondary N) is 1. The van der Waals surface area contributed by atoms with Crippen LogP contribution in [0.15, 0.2) is 77.2 Å². The molecule has 1 heterocycles. The third-order valence-corrected chi connectivity index (χ3v) is 7.58. The third kappa shape index (κ3) is 7.11. The average Bonchev–Trinajstić information content (AvgIpc) is 3.42. The summed E-state index contributed by atoms with van der Waals surface area (Å²) in [6.45, 7) is 1.34. The molecule has 1 amide bonds. The van der Waals surface area contributed by atoms with Gasteiger partial charge in [0.15, 0.2) is 0 Å². The zero-order valence-corrected chi connectivity index (χ0v) is 23.3. The molecule has 4 rings (SSSR count). The molecule has 0 bridgehead atoms. The molecular formula is C28H28F3N5O4S. The Bertz CT molecular complexity index is 1650. The van der Waals surface area contributed by atoms with Crippen LogP contribution in [0, 0.1) is 0 Å². The fourth-order valence-corrected chi connectivity index (χ4v) is 4.65. The van der Waals surface area contributed by atoms with E-state index in [-0.39, 0.29) is 17.5 Å². The Morgan fingerprint density at radius 2 is 1.63 bits per heavy atom. The minimum absolute atomic E-state index is 0.0672. The van der Waals surface area contributed by atoms with Crippen molar-refractivity contribution in [3.63, 3.8) is 0 Å². The summed E-state index contributed by atoms with van der Waals surface area (Å²) < 4.78 is 70.1. The number of carbonyl (C=O) groups excluding carboxylic acids is 1. The molecule has 0 aliphatic heterocycles. The molecule has 0 aliphatic rings. The lowest BCUT2D eigenvalue weighted by atomic mass is 9.94. The summed E-state index contributed by atoms with van der Waals surface area (Å²) in [5, 5.41) is 10.2. The van der Waals surface area contributed by atoms with Gasteiger partial charge in [0.05, 0.1) is 17.5 Å². The molecule has 41 heavy (non-hydrogen) atoms. The van der Waals surface area contributed by atoms with Crippen molar-refractivity contribution < 1.29 is 30.8 Å². The number of alkyl halides is 3. The van der Waals surface area contributed by atoms with Crippen LogP contribution in [0.3, 0.4) is 0 Å². The molecule has 0 unspecified atom stereocenters. The van der Waals surface area contributed by atoms with Crippen molar-refractivity contribution >= 4 is 21.6 Å². The topological polar surface area (TPSA) is 131 Å². The first-order valence-electron chi connectivity index (χ1n) is 12.3. The first-order chi connectivity index (χ1) is 19.1. The lowest BCUT2D eigenvalue weighted by Crippen LogP contribution is -2.36. The zero-order chi connectivity index (χ0) is 30.0. The van der Waals surface area contributed by atoms with Gasteiger partial charge in [-0.15, -0.1) is 10.2 Å². The van der Waals surface area contributed by atoms with Crippen molar-refractivity contribution in [3.05, 3.63) is 89.8 Å². The zero-order valence-electron chi connectivity index (χ0n) is 22.4. The first-order valence-corrected chi connectivity index (χ1v) is 14.2. The van der Waals surface area contributed by atoms with Crippen LogP contribution in [0.5, 0.6) is 0 Å². The summed E-state index contributed by atoms with van der Waals surface area (Å²) in [7, 11) is -2.32. The van der Waals surface area contributed by atoms with Gasteiger partial charge in [-0.2, -0.15) is 13.2 Å². The molecule has 9 nitrogen and oxygen atoms in total. The highest BCUT2D eigenvalue weighted by Crippen LogP contribution is 2.35. The van der Waals surface area contributed by atoms with Gasteiger partial charge < -0.3 is 15.5 Å². The highest BCUT2D eigenvalue weighted by Gasteiger charge is 2.38. The van der Waals surface area contributed by atoms with E-state index in [0.29, 0.717) is 28.7 Å². The van der Waals surface area contributed by atoms with Crippen molar-refractivity contribution in [3.8, 4) is 22.6 Å². The molecule has 1 aromatic heterocycles. The van der Waals surface area contributed by atoms with E-state index in [4.69, 9.17) is 10.2 Å². The van der Waals surface area contributed by atoms with Gasteiger partial charge in [0.25, 0.3) is 0 Å². The molecule has 4 aromatic rings. The number of benzene rings is 3. The van der Waals surface area contributed by atoms with Gasteiger partial charge in [0.2, 0.25) is 21.8 Å². The predicted molar refractivity (Wildman–Crippen MR) is 148 cm³/mol. The molecule has 13 heteroatoms. The van der Waals surface area contributed by atoms with Gasteiger partial charge >= 0.3 is 12.1 Å². The van der Waals surface area contributed by atoms with E-state index < -0.39 is 34.2 Å². The van der Waals surface area contributed by atoms with Crippen LogP contribution in [0.1, 0.15) is 23.9 Å². The highest BCUT2D eigenvalue weighted by atomic mass is 32.2. The Balaban J connectivity index is 1.76. The molecule has 0 saturated heterocycles. The highest BCUT2D eigenvalue weighted by molar-refractivity contribution is 7.92. The number of carbonyl (C=O) groups is 1. The van der Waals surface area contributed by atoms with E-state index in [1.165, 1.54) is 7.05 Å². The van der Waals surface area contributed by atoms with Crippen LogP contribution in [0.2, 0.25) is 0 Å². The fraction of sp³-hybridized carbons (Fsp3) is 0.250. The predicted octanol–water partition coefficient (Wildman–Crippen LogP) is 4.39. The lowest BCUT2D eigenvalue weighted by Gasteiger charge is -2.20. The maximum atomic E-state index is 12.8. The van der Waals surface area contributed by atoms with Gasteiger partial charge in [-0.3, -0.25) is 9.10 Å². The number of rotatable bonds is 9. The molecule has 1 atom stereocenters. The average molecular weight is 588 g/mol. The second-order valence-electron chi connectivity index (χ2n) is 9.83. The largest absolute Gasteiger partial charge is 0.471 e. The maximum absolute atomic E-state index is 12.8. The van der Waals surface area contributed by atoms with Gasteiger partial charge in [-0.05, 0) is 53.8 Å². The van der Waals surface area contributed by atoms with Crippen LogP contribution >= 0.6 is 0 Å². The number of sulfonamides is 1. The summed E-state index contributed by atoms with van der Waals surface area (Å²) in [5.74, 6) is -1.84. The summed E-state index contributed by atoms with van der Waals surface area (Å²) in [4.78, 5) is 11.4. The van der Waals surface area contributed by atoms with E-state index in [1.54, 1.807) is 49.4 Å². The molecule has 3 aromatic carbocycles. The minimum atomic E-state index is -5.03. The summed E-state index contributed by atoms with van der Waals surface area (Å²) in [6, 6.07) is 20.8. The van der Waals surface area contributed by atoms with E-state index >= 15 is 0 Å². The van der Waals surface area contributed by atoms with Crippen molar-refractivity contribution in [2.75, 3.05) is 17.6 Å². The van der Waals surface area contributed by atoms with Crippen molar-refractivity contribution in [1.82, 2.24) is 15.5 Å². The van der Waals surface area contributed by atoms with E-state index in [9.17, 15) is 26.4 Å². The van der Waals surface area contributed by atoms with Crippen molar-refractivity contribution in [1.29, 1.82) is 0 Å². The summed E-state index contributed by atoms with van der Waals surface area (Å²) >= 11 is 0. The standard InChI is InChI=1S/C28H28F3N5O4S/c1-27(32,16-18-9-5-4-6-10-18)26-35-34-24(40-26)21-13-20(14-22(15-21)36(2)41(3,38)39)23-12-8-7-11-19(23)17-33-25(37)28(29,30)31/h4-15H,16-17,32H2,1-3H3,(H,33,37)/t27-/m1/s1. The normalized spacial score (nSPS) is 13.4. The minimum Gasteiger partial charge on any atom is -0.419 e. The molecule has 0 saturated carbocycles. The fourth-order valence-electron chi connectivity index (χ4n) is 4.16. The molecule has 216 valence electrons. The third-order valence-electron chi connectivity index (χ3n) is 6.38. The van der Waals surface area contributed by atoms with Crippen LogP contribution < -0.4 is 15.4 Å². The second kappa shape index (κ2) is 11.3. The number of nitrogens with zero attached hydrogens (tertiary/aromatic N) is 3. The van der Waals surface area contributed by atoms with Gasteiger partial charge in [-0.25, -0.2) is 8.42 Å². The molecule has 0 radical (unpaired) electrons. The SMILES string of the molecule is CN(c1cc(-c2nnc([C@](C)(N)Cc3ccccc3)o2)cc(-c2ccccc2CNC(=O)C(F)(F)F)c1)S(C)(=O)=O. The molecular weight excluding hydrogens is 559 g/mol. The van der Waals surface area contributed by atoms with E-state index in [0.717, 1.165) is 16.1 Å². The molecule has 0 fully saturated rings. The number of hydrogen-bond donors (Lipinski definition) is 2. The van der Waals surface area contributed by atoms with E-state index in [1.807, 2.05) is 35.6 Å². The smallest absolute Gasteiger partial charge is 0.419 e. The van der Waals surface area contributed by atoms with Crippen LogP contribution in [0.4, 0.5) is 18.9 Å². The monoisotopic (exact) mass is 587 g/mol. The molecule has 0 aliphatic carbocycles. The first kappa shape index (κ1) is 29.7. The number of halogens is 3. The Labute approximate surface area is 235 Å². The number of nitrogens with two attached hydrogens (primary N) is 1. The summed E-state index contributed by atoms with van der Waals surface area (Å²) in [6.07, 6.45) is -3.59.